The van der Waals surface area contributed by atoms with Crippen LogP contribution in [0.1, 0.15) is 29.2 Å². The van der Waals surface area contributed by atoms with Crippen LogP contribution in [0.15, 0.2) is 42.5 Å². The minimum atomic E-state index is -4.44. The second-order valence-corrected chi connectivity index (χ2v) is 6.73. The molecule has 7 heteroatoms. The Bertz CT molecular complexity index is 787. The molecule has 2 aromatic carbocycles. The molecule has 1 aliphatic heterocycles. The van der Waals surface area contributed by atoms with Crippen LogP contribution in [-0.4, -0.2) is 45.3 Å². The molecule has 0 spiro atoms. The van der Waals surface area contributed by atoms with Crippen molar-refractivity contribution in [2.75, 3.05) is 40.4 Å². The van der Waals surface area contributed by atoms with Gasteiger partial charge in [0.25, 0.3) is 0 Å². The first kappa shape index (κ1) is 20.5. The summed E-state index contributed by atoms with van der Waals surface area (Å²) in [4.78, 5) is 2.09. The molecule has 1 heterocycles. The molecule has 4 nitrogen and oxygen atoms in total. The Labute approximate surface area is 163 Å². The van der Waals surface area contributed by atoms with Crippen LogP contribution >= 0.6 is 0 Å². The largest absolute Gasteiger partial charge is 0.497 e. The average Bonchev–Trinajstić information content (AvgIpc) is 2.97. The van der Waals surface area contributed by atoms with Gasteiger partial charge in [0, 0.05) is 25.2 Å². The smallest absolute Gasteiger partial charge is 0.416 e. The standard InChI is InChI=1S/C21H25F3N2O2/c1-27-15-8-9-19(28-2)17(14-15)20(26-12-5-10-25-11-13-26)16-6-3-4-7-18(16)21(22,23)24/h3-4,6-9,14,20,25H,5,10-13H2,1-2H3. The Morgan fingerprint density at radius 3 is 2.46 bits per heavy atom. The third-order valence-electron chi connectivity index (χ3n) is 5.03. The zero-order chi connectivity index (χ0) is 20.1. The van der Waals surface area contributed by atoms with E-state index < -0.39 is 17.8 Å². The van der Waals surface area contributed by atoms with E-state index in [4.69, 9.17) is 9.47 Å². The predicted octanol–water partition coefficient (Wildman–Crippen LogP) is 4.11. The molecule has 1 atom stereocenters. The molecule has 0 radical (unpaired) electrons. The summed E-state index contributed by atoms with van der Waals surface area (Å²) in [5, 5.41) is 3.31. The van der Waals surface area contributed by atoms with Gasteiger partial charge in [0.1, 0.15) is 11.5 Å². The van der Waals surface area contributed by atoms with E-state index in [1.54, 1.807) is 37.4 Å². The number of halogens is 3. The van der Waals surface area contributed by atoms with E-state index in [-0.39, 0.29) is 5.56 Å². The van der Waals surface area contributed by atoms with Gasteiger partial charge in [-0.05, 0) is 42.8 Å². The van der Waals surface area contributed by atoms with Crippen LogP contribution in [0.25, 0.3) is 0 Å². The minimum absolute atomic E-state index is 0.225. The fourth-order valence-electron chi connectivity index (χ4n) is 3.73. The molecule has 1 N–H and O–H groups in total. The number of nitrogens with zero attached hydrogens (tertiary/aromatic N) is 1. The lowest BCUT2D eigenvalue weighted by molar-refractivity contribution is -0.138. The Morgan fingerprint density at radius 2 is 1.75 bits per heavy atom. The highest BCUT2D eigenvalue weighted by molar-refractivity contribution is 5.48. The number of ether oxygens (including phenoxy) is 2. The minimum Gasteiger partial charge on any atom is -0.497 e. The monoisotopic (exact) mass is 394 g/mol. The normalized spacial score (nSPS) is 17.0. The second-order valence-electron chi connectivity index (χ2n) is 6.73. The van der Waals surface area contributed by atoms with Crippen LogP contribution in [0.4, 0.5) is 13.2 Å². The van der Waals surface area contributed by atoms with E-state index in [0.717, 1.165) is 25.6 Å². The highest BCUT2D eigenvalue weighted by Gasteiger charge is 2.37. The van der Waals surface area contributed by atoms with E-state index >= 15 is 0 Å². The lowest BCUT2D eigenvalue weighted by Crippen LogP contribution is -2.34. The maximum absolute atomic E-state index is 13.8. The van der Waals surface area contributed by atoms with E-state index in [2.05, 4.69) is 10.2 Å². The highest BCUT2D eigenvalue weighted by Crippen LogP contribution is 2.42. The molecule has 152 valence electrons. The third kappa shape index (κ3) is 4.42. The van der Waals surface area contributed by atoms with Gasteiger partial charge in [-0.3, -0.25) is 4.90 Å². The Hall–Kier alpha value is -2.25. The fourth-order valence-corrected chi connectivity index (χ4v) is 3.73. The topological polar surface area (TPSA) is 33.7 Å². The molecule has 0 aromatic heterocycles. The van der Waals surface area contributed by atoms with E-state index in [1.807, 2.05) is 0 Å². The van der Waals surface area contributed by atoms with Crippen LogP contribution in [0.3, 0.4) is 0 Å². The fraction of sp³-hybridized carbons (Fsp3) is 0.429. The molecule has 1 saturated heterocycles. The van der Waals surface area contributed by atoms with Gasteiger partial charge in [-0.2, -0.15) is 13.2 Å². The van der Waals surface area contributed by atoms with Crippen molar-refractivity contribution < 1.29 is 22.6 Å². The summed E-state index contributed by atoms with van der Waals surface area (Å²) in [5.74, 6) is 1.12. The Kier molecular flexibility index (Phi) is 6.46. The number of alkyl halides is 3. The van der Waals surface area contributed by atoms with E-state index in [1.165, 1.54) is 13.2 Å². The third-order valence-corrected chi connectivity index (χ3v) is 5.03. The first-order valence-corrected chi connectivity index (χ1v) is 9.28. The van der Waals surface area contributed by atoms with Gasteiger partial charge in [-0.1, -0.05) is 18.2 Å². The lowest BCUT2D eigenvalue weighted by atomic mass is 9.91. The molecule has 0 aliphatic carbocycles. The van der Waals surface area contributed by atoms with Crippen LogP contribution in [-0.2, 0) is 6.18 Å². The first-order chi connectivity index (χ1) is 13.5. The summed E-state index contributed by atoms with van der Waals surface area (Å²) in [5.41, 5.74) is 0.269. The molecule has 1 aliphatic rings. The van der Waals surface area contributed by atoms with Crippen LogP contribution in [0, 0.1) is 0 Å². The van der Waals surface area contributed by atoms with E-state index in [9.17, 15) is 13.2 Å². The zero-order valence-corrected chi connectivity index (χ0v) is 16.1. The average molecular weight is 394 g/mol. The summed E-state index contributed by atoms with van der Waals surface area (Å²) < 4.78 is 52.3. The summed E-state index contributed by atoms with van der Waals surface area (Å²) in [6.45, 7) is 2.89. The van der Waals surface area contributed by atoms with Gasteiger partial charge in [-0.15, -0.1) is 0 Å². The number of hydrogen-bond donors (Lipinski definition) is 1. The number of methoxy groups -OCH3 is 2. The van der Waals surface area contributed by atoms with Crippen molar-refractivity contribution in [1.82, 2.24) is 10.2 Å². The van der Waals surface area contributed by atoms with Gasteiger partial charge in [0.05, 0.1) is 25.8 Å². The van der Waals surface area contributed by atoms with Gasteiger partial charge in [0.15, 0.2) is 0 Å². The van der Waals surface area contributed by atoms with Gasteiger partial charge in [-0.25, -0.2) is 0 Å². The number of rotatable bonds is 5. The lowest BCUT2D eigenvalue weighted by Gasteiger charge is -2.33. The van der Waals surface area contributed by atoms with Crippen LogP contribution in [0.2, 0.25) is 0 Å². The summed E-state index contributed by atoms with van der Waals surface area (Å²) in [7, 11) is 3.07. The van der Waals surface area contributed by atoms with Crippen molar-refractivity contribution in [1.29, 1.82) is 0 Å². The van der Waals surface area contributed by atoms with Crippen molar-refractivity contribution in [3.63, 3.8) is 0 Å². The predicted molar refractivity (Wildman–Crippen MR) is 102 cm³/mol. The van der Waals surface area contributed by atoms with Crippen molar-refractivity contribution >= 4 is 0 Å². The summed E-state index contributed by atoms with van der Waals surface area (Å²) in [6.07, 6.45) is -3.58. The van der Waals surface area contributed by atoms with Gasteiger partial charge < -0.3 is 14.8 Å². The zero-order valence-electron chi connectivity index (χ0n) is 16.1. The Morgan fingerprint density at radius 1 is 0.964 bits per heavy atom. The molecule has 1 fully saturated rings. The number of nitrogens with one attached hydrogen (secondary N) is 1. The number of benzene rings is 2. The molecule has 0 bridgehead atoms. The highest BCUT2D eigenvalue weighted by atomic mass is 19.4. The number of hydrogen-bond acceptors (Lipinski definition) is 4. The maximum atomic E-state index is 13.8. The molecule has 1 unspecified atom stereocenters. The van der Waals surface area contributed by atoms with Gasteiger partial charge >= 0.3 is 6.18 Å². The van der Waals surface area contributed by atoms with Crippen molar-refractivity contribution in [3.05, 3.63) is 59.2 Å². The van der Waals surface area contributed by atoms with Crippen LogP contribution < -0.4 is 14.8 Å². The van der Waals surface area contributed by atoms with E-state index in [0.29, 0.717) is 30.2 Å². The molecule has 2 aromatic rings. The SMILES string of the molecule is COc1ccc(OC)c(C(c2ccccc2C(F)(F)F)N2CCCNCC2)c1. The molecule has 3 rings (SSSR count). The maximum Gasteiger partial charge on any atom is 0.416 e. The second kappa shape index (κ2) is 8.84. The van der Waals surface area contributed by atoms with Crippen molar-refractivity contribution in [2.45, 2.75) is 18.6 Å². The molecule has 0 saturated carbocycles. The molecular weight excluding hydrogens is 369 g/mol. The first-order valence-electron chi connectivity index (χ1n) is 9.28. The summed E-state index contributed by atoms with van der Waals surface area (Å²) in [6, 6.07) is 10.5. The Balaban J connectivity index is 2.20. The van der Waals surface area contributed by atoms with Crippen LogP contribution in [0.5, 0.6) is 11.5 Å². The van der Waals surface area contributed by atoms with Crippen molar-refractivity contribution in [3.8, 4) is 11.5 Å². The summed E-state index contributed by atoms with van der Waals surface area (Å²) >= 11 is 0. The molecular formula is C21H25F3N2O2. The molecule has 28 heavy (non-hydrogen) atoms. The van der Waals surface area contributed by atoms with Crippen molar-refractivity contribution in [2.24, 2.45) is 0 Å². The van der Waals surface area contributed by atoms with Gasteiger partial charge in [0.2, 0.25) is 0 Å². The molecule has 0 amide bonds. The quantitative estimate of drug-likeness (QED) is 0.828.